The van der Waals surface area contributed by atoms with Gasteiger partial charge in [-0.05, 0) is 17.7 Å². The molecule has 0 aliphatic carbocycles. The van der Waals surface area contributed by atoms with Crippen LogP contribution in [0.25, 0.3) is 0 Å². The van der Waals surface area contributed by atoms with Gasteiger partial charge in [0.2, 0.25) is 0 Å². The van der Waals surface area contributed by atoms with E-state index in [0.29, 0.717) is 5.56 Å². The molecule has 0 heterocycles. The second kappa shape index (κ2) is 4.69. The van der Waals surface area contributed by atoms with Gasteiger partial charge in [0.25, 0.3) is 0 Å². The standard InChI is InChI=1S/C9H13FN2O2S/c1-15(13,14)6-9(12-11)7-2-4-8(10)5-3-7/h2-5,9,12H,6,11H2,1H3. The Kier molecular flexibility index (Phi) is 3.78. The molecule has 1 unspecified atom stereocenters. The number of nitrogens with two attached hydrogens (primary N) is 1. The predicted octanol–water partition coefficient (Wildman–Crippen LogP) is 0.375. The van der Waals surface area contributed by atoms with Crippen molar-refractivity contribution in [1.82, 2.24) is 5.43 Å². The van der Waals surface area contributed by atoms with Crippen LogP contribution in [0.5, 0.6) is 0 Å². The molecule has 84 valence electrons. The highest BCUT2D eigenvalue weighted by Gasteiger charge is 2.15. The van der Waals surface area contributed by atoms with Gasteiger partial charge in [-0.15, -0.1) is 0 Å². The summed E-state index contributed by atoms with van der Waals surface area (Å²) in [5, 5.41) is 0. The maximum absolute atomic E-state index is 12.6. The fraction of sp³-hybridized carbons (Fsp3) is 0.333. The largest absolute Gasteiger partial charge is 0.271 e. The van der Waals surface area contributed by atoms with Gasteiger partial charge in [-0.3, -0.25) is 11.3 Å². The van der Waals surface area contributed by atoms with Gasteiger partial charge in [0.15, 0.2) is 0 Å². The van der Waals surface area contributed by atoms with E-state index in [1.165, 1.54) is 24.3 Å². The van der Waals surface area contributed by atoms with Crippen LogP contribution < -0.4 is 11.3 Å². The summed E-state index contributed by atoms with van der Waals surface area (Å²) in [6, 6.07) is 5.03. The lowest BCUT2D eigenvalue weighted by atomic mass is 10.1. The third kappa shape index (κ3) is 3.94. The predicted molar refractivity (Wildman–Crippen MR) is 56.2 cm³/mol. The molecular formula is C9H13FN2O2S. The first-order valence-electron chi connectivity index (χ1n) is 4.31. The van der Waals surface area contributed by atoms with Gasteiger partial charge < -0.3 is 0 Å². The average Bonchev–Trinajstić information content (AvgIpc) is 2.14. The summed E-state index contributed by atoms with van der Waals surface area (Å²) in [5.41, 5.74) is 3.04. The van der Waals surface area contributed by atoms with E-state index in [-0.39, 0.29) is 11.6 Å². The van der Waals surface area contributed by atoms with E-state index in [0.717, 1.165) is 6.26 Å². The van der Waals surface area contributed by atoms with Gasteiger partial charge in [-0.2, -0.15) is 0 Å². The summed E-state index contributed by atoms with van der Waals surface area (Å²) in [5.74, 6) is 4.76. The molecule has 4 nitrogen and oxygen atoms in total. The number of rotatable bonds is 4. The SMILES string of the molecule is CS(=O)(=O)CC(NN)c1ccc(F)cc1. The van der Waals surface area contributed by atoms with Gasteiger partial charge in [-0.25, -0.2) is 12.8 Å². The Balaban J connectivity index is 2.88. The maximum atomic E-state index is 12.6. The van der Waals surface area contributed by atoms with Crippen LogP contribution in [-0.2, 0) is 9.84 Å². The van der Waals surface area contributed by atoms with Crippen LogP contribution in [0.2, 0.25) is 0 Å². The minimum absolute atomic E-state index is 0.116. The maximum Gasteiger partial charge on any atom is 0.149 e. The summed E-state index contributed by atoms with van der Waals surface area (Å²) in [4.78, 5) is 0. The third-order valence-corrected chi connectivity index (χ3v) is 2.88. The molecule has 0 aromatic heterocycles. The monoisotopic (exact) mass is 232 g/mol. The van der Waals surface area contributed by atoms with Crippen molar-refractivity contribution in [2.24, 2.45) is 5.84 Å². The molecule has 1 aromatic rings. The van der Waals surface area contributed by atoms with Crippen LogP contribution >= 0.6 is 0 Å². The van der Waals surface area contributed by atoms with Crippen molar-refractivity contribution in [3.63, 3.8) is 0 Å². The third-order valence-electron chi connectivity index (χ3n) is 1.94. The van der Waals surface area contributed by atoms with E-state index in [1.807, 2.05) is 0 Å². The molecule has 15 heavy (non-hydrogen) atoms. The average molecular weight is 232 g/mol. The van der Waals surface area contributed by atoms with Gasteiger partial charge in [0.05, 0.1) is 11.8 Å². The van der Waals surface area contributed by atoms with Gasteiger partial charge >= 0.3 is 0 Å². The summed E-state index contributed by atoms with van der Waals surface area (Å²) in [6.07, 6.45) is 1.13. The fourth-order valence-electron chi connectivity index (χ4n) is 1.24. The highest BCUT2D eigenvalue weighted by Crippen LogP contribution is 2.14. The molecule has 0 bridgehead atoms. The van der Waals surface area contributed by atoms with Crippen molar-refractivity contribution in [1.29, 1.82) is 0 Å². The van der Waals surface area contributed by atoms with Crippen LogP contribution in [0, 0.1) is 5.82 Å². The summed E-state index contributed by atoms with van der Waals surface area (Å²) >= 11 is 0. The lowest BCUT2D eigenvalue weighted by Gasteiger charge is -2.14. The summed E-state index contributed by atoms with van der Waals surface area (Å²) < 4.78 is 34.8. The normalized spacial score (nSPS) is 13.8. The fourth-order valence-corrected chi connectivity index (χ4v) is 2.13. The van der Waals surface area contributed by atoms with E-state index < -0.39 is 15.9 Å². The molecule has 0 spiro atoms. The molecule has 1 aromatic carbocycles. The van der Waals surface area contributed by atoms with E-state index in [1.54, 1.807) is 0 Å². The van der Waals surface area contributed by atoms with E-state index in [2.05, 4.69) is 5.43 Å². The number of hydrazine groups is 1. The topological polar surface area (TPSA) is 72.2 Å². The molecule has 0 radical (unpaired) electrons. The molecular weight excluding hydrogens is 219 g/mol. The van der Waals surface area contributed by atoms with Gasteiger partial charge in [-0.1, -0.05) is 12.1 Å². The van der Waals surface area contributed by atoms with Gasteiger partial charge in [0.1, 0.15) is 15.7 Å². The summed E-state index contributed by atoms with van der Waals surface area (Å²) in [7, 11) is -3.13. The van der Waals surface area contributed by atoms with Crippen molar-refractivity contribution in [3.8, 4) is 0 Å². The zero-order valence-electron chi connectivity index (χ0n) is 8.27. The lowest BCUT2D eigenvalue weighted by molar-refractivity contribution is 0.563. The highest BCUT2D eigenvalue weighted by atomic mass is 32.2. The molecule has 1 atom stereocenters. The number of hydrogen-bond acceptors (Lipinski definition) is 4. The Hall–Kier alpha value is -0.980. The van der Waals surface area contributed by atoms with Crippen LogP contribution in [-0.4, -0.2) is 20.4 Å². The van der Waals surface area contributed by atoms with Crippen molar-refractivity contribution in [3.05, 3.63) is 35.6 Å². The molecule has 0 fully saturated rings. The van der Waals surface area contributed by atoms with Crippen molar-refractivity contribution in [2.45, 2.75) is 6.04 Å². The molecule has 1 rings (SSSR count). The number of halogens is 1. The quantitative estimate of drug-likeness (QED) is 0.581. The van der Waals surface area contributed by atoms with Crippen LogP contribution in [0.3, 0.4) is 0 Å². The first-order valence-corrected chi connectivity index (χ1v) is 6.38. The van der Waals surface area contributed by atoms with E-state index in [4.69, 9.17) is 5.84 Å². The number of nitrogens with one attached hydrogen (secondary N) is 1. The van der Waals surface area contributed by atoms with Crippen LogP contribution in [0.1, 0.15) is 11.6 Å². The number of hydrogen-bond donors (Lipinski definition) is 2. The second-order valence-electron chi connectivity index (χ2n) is 3.36. The lowest BCUT2D eigenvalue weighted by Crippen LogP contribution is -2.32. The minimum Gasteiger partial charge on any atom is -0.271 e. The van der Waals surface area contributed by atoms with Gasteiger partial charge in [0, 0.05) is 6.26 Å². The Bertz CT molecular complexity index is 416. The molecule has 0 amide bonds. The smallest absolute Gasteiger partial charge is 0.149 e. The minimum atomic E-state index is -3.13. The van der Waals surface area contributed by atoms with Crippen LogP contribution in [0.4, 0.5) is 4.39 Å². The number of benzene rings is 1. The Morgan fingerprint density at radius 3 is 2.33 bits per heavy atom. The molecule has 0 saturated heterocycles. The highest BCUT2D eigenvalue weighted by molar-refractivity contribution is 7.90. The number of sulfone groups is 1. The van der Waals surface area contributed by atoms with E-state index >= 15 is 0 Å². The van der Waals surface area contributed by atoms with Crippen LogP contribution in [0.15, 0.2) is 24.3 Å². The molecule has 0 aliphatic heterocycles. The zero-order chi connectivity index (χ0) is 11.5. The molecule has 6 heteroatoms. The van der Waals surface area contributed by atoms with Crippen molar-refractivity contribution >= 4 is 9.84 Å². The van der Waals surface area contributed by atoms with Crippen molar-refractivity contribution < 1.29 is 12.8 Å². The Morgan fingerprint density at radius 1 is 1.40 bits per heavy atom. The van der Waals surface area contributed by atoms with Crippen molar-refractivity contribution in [2.75, 3.05) is 12.0 Å². The summed E-state index contributed by atoms with van der Waals surface area (Å²) in [6.45, 7) is 0. The first kappa shape index (κ1) is 12.1. The second-order valence-corrected chi connectivity index (χ2v) is 5.55. The van der Waals surface area contributed by atoms with E-state index in [9.17, 15) is 12.8 Å². The zero-order valence-corrected chi connectivity index (χ0v) is 9.09. The first-order chi connectivity index (χ1) is 6.92. The Labute approximate surface area is 88.2 Å². The Morgan fingerprint density at radius 2 is 1.93 bits per heavy atom. The molecule has 3 N–H and O–H groups in total. The molecule has 0 aliphatic rings. The molecule has 0 saturated carbocycles.